The lowest BCUT2D eigenvalue weighted by Crippen LogP contribution is -2.07. The average Bonchev–Trinajstić information content (AvgIpc) is 2.77. The van der Waals surface area contributed by atoms with Gasteiger partial charge in [-0.1, -0.05) is 6.07 Å². The van der Waals surface area contributed by atoms with E-state index in [-0.39, 0.29) is 6.04 Å². The molecule has 0 aliphatic heterocycles. The molecule has 0 fully saturated rings. The van der Waals surface area contributed by atoms with Gasteiger partial charge in [0.2, 0.25) is 0 Å². The van der Waals surface area contributed by atoms with E-state index in [0.29, 0.717) is 17.3 Å². The number of benzene rings is 1. The van der Waals surface area contributed by atoms with Crippen molar-refractivity contribution in [3.05, 3.63) is 18.2 Å². The Labute approximate surface area is 99.4 Å². The Morgan fingerprint density at radius 2 is 2.12 bits per heavy atom. The van der Waals surface area contributed by atoms with E-state index in [2.05, 4.69) is 15.5 Å². The number of tetrazole rings is 1. The molecule has 1 aromatic heterocycles. The number of hydrogen-bond donors (Lipinski definition) is 1. The highest BCUT2D eigenvalue weighted by atomic mass is 16.5. The predicted octanol–water partition coefficient (Wildman–Crippen LogP) is 1.51. The highest BCUT2D eigenvalue weighted by molar-refractivity contribution is 5.77. The normalized spacial score (nSPS) is 10.8. The zero-order chi connectivity index (χ0) is 12.4. The Kier molecular flexibility index (Phi) is 2.95. The van der Waals surface area contributed by atoms with E-state index in [1.54, 1.807) is 17.9 Å². The molecule has 6 nitrogen and oxygen atoms in total. The number of ether oxygens (including phenoxy) is 1. The molecule has 0 amide bonds. The Balaban J connectivity index is 2.63. The lowest BCUT2D eigenvalue weighted by Gasteiger charge is -2.12. The van der Waals surface area contributed by atoms with Gasteiger partial charge >= 0.3 is 0 Å². The van der Waals surface area contributed by atoms with Crippen molar-refractivity contribution >= 4 is 5.69 Å². The van der Waals surface area contributed by atoms with Crippen molar-refractivity contribution in [3.63, 3.8) is 0 Å². The Bertz CT molecular complexity index is 520. The first-order valence-corrected chi connectivity index (χ1v) is 5.36. The quantitative estimate of drug-likeness (QED) is 0.813. The molecule has 2 rings (SSSR count). The van der Waals surface area contributed by atoms with Gasteiger partial charge in [0, 0.05) is 5.69 Å². The van der Waals surface area contributed by atoms with Crippen molar-refractivity contribution in [3.8, 4) is 17.1 Å². The van der Waals surface area contributed by atoms with Crippen LogP contribution in [0.2, 0.25) is 0 Å². The molecule has 1 aromatic carbocycles. The van der Waals surface area contributed by atoms with Crippen molar-refractivity contribution in [1.29, 1.82) is 0 Å². The van der Waals surface area contributed by atoms with Crippen molar-refractivity contribution in [2.45, 2.75) is 19.9 Å². The number of nitrogens with zero attached hydrogens (tertiary/aromatic N) is 4. The fourth-order valence-corrected chi connectivity index (χ4v) is 1.66. The van der Waals surface area contributed by atoms with E-state index < -0.39 is 0 Å². The molecule has 2 N–H and O–H groups in total. The van der Waals surface area contributed by atoms with Crippen LogP contribution in [0.15, 0.2) is 18.2 Å². The van der Waals surface area contributed by atoms with Gasteiger partial charge in [-0.15, -0.1) is 5.10 Å². The van der Waals surface area contributed by atoms with E-state index >= 15 is 0 Å². The van der Waals surface area contributed by atoms with Crippen LogP contribution in [0.4, 0.5) is 5.69 Å². The maximum absolute atomic E-state index is 5.97. The summed E-state index contributed by atoms with van der Waals surface area (Å²) >= 11 is 0. The molecule has 17 heavy (non-hydrogen) atoms. The van der Waals surface area contributed by atoms with Crippen molar-refractivity contribution in [1.82, 2.24) is 20.2 Å². The summed E-state index contributed by atoms with van der Waals surface area (Å²) in [5, 5.41) is 11.7. The topological polar surface area (TPSA) is 78.8 Å². The van der Waals surface area contributed by atoms with E-state index in [4.69, 9.17) is 10.5 Å². The molecule has 0 bridgehead atoms. The van der Waals surface area contributed by atoms with Gasteiger partial charge in [-0.3, -0.25) is 0 Å². The van der Waals surface area contributed by atoms with Gasteiger partial charge in [-0.25, -0.2) is 4.68 Å². The number of nitrogen functional groups attached to an aromatic ring is 1. The second-order valence-electron chi connectivity index (χ2n) is 3.97. The second kappa shape index (κ2) is 4.40. The molecule has 0 saturated heterocycles. The molecule has 6 heteroatoms. The number of aromatic nitrogens is 4. The largest absolute Gasteiger partial charge is 0.496 e. The van der Waals surface area contributed by atoms with Crippen LogP contribution in [0.1, 0.15) is 19.9 Å². The molecule has 2 aromatic rings. The average molecular weight is 233 g/mol. The van der Waals surface area contributed by atoms with Crippen LogP contribution in [0.25, 0.3) is 11.4 Å². The van der Waals surface area contributed by atoms with E-state index in [9.17, 15) is 0 Å². The molecule has 1 heterocycles. The molecular weight excluding hydrogens is 218 g/mol. The maximum Gasteiger partial charge on any atom is 0.188 e. The van der Waals surface area contributed by atoms with Crippen LogP contribution >= 0.6 is 0 Å². The van der Waals surface area contributed by atoms with Gasteiger partial charge in [-0.2, -0.15) is 0 Å². The molecule has 0 aliphatic rings. The summed E-state index contributed by atoms with van der Waals surface area (Å²) in [5.41, 5.74) is 7.30. The summed E-state index contributed by atoms with van der Waals surface area (Å²) in [5.74, 6) is 1.29. The van der Waals surface area contributed by atoms with Gasteiger partial charge in [0.1, 0.15) is 5.75 Å². The van der Waals surface area contributed by atoms with Crippen LogP contribution in [-0.4, -0.2) is 27.3 Å². The molecule has 0 saturated carbocycles. The Morgan fingerprint density at radius 3 is 2.76 bits per heavy atom. The van der Waals surface area contributed by atoms with Gasteiger partial charge < -0.3 is 10.5 Å². The smallest absolute Gasteiger partial charge is 0.188 e. The summed E-state index contributed by atoms with van der Waals surface area (Å²) in [6.07, 6.45) is 0. The third-order valence-electron chi connectivity index (χ3n) is 2.48. The summed E-state index contributed by atoms with van der Waals surface area (Å²) in [6.45, 7) is 4.01. The standard InChI is InChI=1S/C11H15N5O/c1-7(2)16-11(13-14-15-16)10-8(12)5-4-6-9(10)17-3/h4-7H,12H2,1-3H3. The lowest BCUT2D eigenvalue weighted by molar-refractivity contribution is 0.415. The summed E-state index contributed by atoms with van der Waals surface area (Å²) < 4.78 is 7.01. The summed E-state index contributed by atoms with van der Waals surface area (Å²) in [7, 11) is 1.60. The van der Waals surface area contributed by atoms with E-state index in [0.717, 1.165) is 5.56 Å². The second-order valence-corrected chi connectivity index (χ2v) is 3.97. The first-order valence-electron chi connectivity index (χ1n) is 5.36. The SMILES string of the molecule is COc1cccc(N)c1-c1nnnn1C(C)C. The van der Waals surface area contributed by atoms with Crippen molar-refractivity contribution in [2.24, 2.45) is 0 Å². The molecular formula is C11H15N5O. The van der Waals surface area contributed by atoms with E-state index in [1.165, 1.54) is 0 Å². The zero-order valence-corrected chi connectivity index (χ0v) is 10.1. The van der Waals surface area contributed by atoms with Gasteiger partial charge in [0.15, 0.2) is 5.82 Å². The van der Waals surface area contributed by atoms with Crippen LogP contribution in [0.5, 0.6) is 5.75 Å². The predicted molar refractivity (Wildman–Crippen MR) is 64.6 cm³/mol. The van der Waals surface area contributed by atoms with Crippen molar-refractivity contribution in [2.75, 3.05) is 12.8 Å². The van der Waals surface area contributed by atoms with Crippen LogP contribution < -0.4 is 10.5 Å². The first-order chi connectivity index (χ1) is 8.15. The molecule has 0 aliphatic carbocycles. The molecule has 0 atom stereocenters. The first kappa shape index (κ1) is 11.4. The van der Waals surface area contributed by atoms with E-state index in [1.807, 2.05) is 26.0 Å². The molecule has 90 valence electrons. The summed E-state index contributed by atoms with van der Waals surface area (Å²) in [6, 6.07) is 5.63. The third kappa shape index (κ3) is 1.93. The Morgan fingerprint density at radius 1 is 1.35 bits per heavy atom. The fraction of sp³-hybridized carbons (Fsp3) is 0.364. The number of nitrogens with two attached hydrogens (primary N) is 1. The number of hydrogen-bond acceptors (Lipinski definition) is 5. The summed E-state index contributed by atoms with van der Waals surface area (Å²) in [4.78, 5) is 0. The van der Waals surface area contributed by atoms with Gasteiger partial charge in [-0.05, 0) is 36.4 Å². The van der Waals surface area contributed by atoms with Crippen LogP contribution in [-0.2, 0) is 0 Å². The molecule has 0 spiro atoms. The van der Waals surface area contributed by atoms with Crippen molar-refractivity contribution < 1.29 is 4.74 Å². The minimum absolute atomic E-state index is 0.157. The fourth-order valence-electron chi connectivity index (χ4n) is 1.66. The van der Waals surface area contributed by atoms with Crippen LogP contribution in [0, 0.1) is 0 Å². The minimum Gasteiger partial charge on any atom is -0.496 e. The highest BCUT2D eigenvalue weighted by Gasteiger charge is 2.18. The number of rotatable bonds is 3. The van der Waals surface area contributed by atoms with Gasteiger partial charge in [0.25, 0.3) is 0 Å². The van der Waals surface area contributed by atoms with Gasteiger partial charge in [0.05, 0.1) is 18.7 Å². The minimum atomic E-state index is 0.157. The third-order valence-corrected chi connectivity index (χ3v) is 2.48. The Hall–Kier alpha value is -2.11. The zero-order valence-electron chi connectivity index (χ0n) is 10.1. The lowest BCUT2D eigenvalue weighted by atomic mass is 10.1. The maximum atomic E-state index is 5.97. The van der Waals surface area contributed by atoms with Crippen LogP contribution in [0.3, 0.4) is 0 Å². The molecule has 0 unspecified atom stereocenters. The highest BCUT2D eigenvalue weighted by Crippen LogP contribution is 2.34. The molecule has 0 radical (unpaired) electrons. The monoisotopic (exact) mass is 233 g/mol. The number of methoxy groups -OCH3 is 1. The number of anilines is 1.